The van der Waals surface area contributed by atoms with Gasteiger partial charge in [0, 0.05) is 18.5 Å². The first kappa shape index (κ1) is 30.1. The first-order valence-electron chi connectivity index (χ1n) is 11.4. The molecule has 1 aliphatic rings. The number of halogens is 9. The molecule has 1 aliphatic carbocycles. The van der Waals surface area contributed by atoms with Crippen LogP contribution in [-0.4, -0.2) is 22.1 Å². The van der Waals surface area contributed by atoms with Gasteiger partial charge in [0.25, 0.3) is 5.91 Å². The zero-order valence-electron chi connectivity index (χ0n) is 20.4. The summed E-state index contributed by atoms with van der Waals surface area (Å²) in [4.78, 5) is 36.8. The highest BCUT2D eigenvalue weighted by atomic mass is 35.5. The third-order valence-electron chi connectivity index (χ3n) is 6.11. The summed E-state index contributed by atoms with van der Waals surface area (Å²) in [5.74, 6) is -10.5. The monoisotopic (exact) mass is 621 g/mol. The van der Waals surface area contributed by atoms with Crippen molar-refractivity contribution < 1.29 is 45.1 Å². The van der Waals surface area contributed by atoms with Crippen molar-refractivity contribution in [1.82, 2.24) is 0 Å². The van der Waals surface area contributed by atoms with E-state index in [1.165, 1.54) is 0 Å². The van der Waals surface area contributed by atoms with E-state index in [1.54, 1.807) is 0 Å². The number of amides is 3. The Balaban J connectivity index is 1.53. The molecule has 0 aliphatic heterocycles. The second-order valence-electron chi connectivity index (χ2n) is 8.97. The molecule has 6 nitrogen and oxygen atoms in total. The number of carbonyl (C=O) groups excluding carboxylic acids is 3. The van der Waals surface area contributed by atoms with Crippen molar-refractivity contribution in [3.63, 3.8) is 0 Å². The minimum atomic E-state index is -5.01. The number of hydrogen-bond donors (Lipinski definition) is 3. The molecule has 3 aromatic rings. The fourth-order valence-corrected chi connectivity index (χ4v) is 4.98. The van der Waals surface area contributed by atoms with E-state index in [2.05, 4.69) is 5.32 Å². The number of benzene rings is 3. The van der Waals surface area contributed by atoms with Gasteiger partial charge in [-0.2, -0.15) is 13.2 Å². The maximum absolute atomic E-state index is 14.7. The lowest BCUT2D eigenvalue weighted by Crippen LogP contribution is -2.19. The van der Waals surface area contributed by atoms with Gasteiger partial charge in [0.2, 0.25) is 11.8 Å². The van der Waals surface area contributed by atoms with Crippen LogP contribution >= 0.6 is 23.2 Å². The predicted octanol–water partition coefficient (Wildman–Crippen LogP) is 7.00. The van der Waals surface area contributed by atoms with Crippen molar-refractivity contribution >= 4 is 58.0 Å². The zero-order chi connectivity index (χ0) is 30.4. The third kappa shape index (κ3) is 6.10. The lowest BCUT2D eigenvalue weighted by molar-refractivity contribution is -0.140. The Morgan fingerprint density at radius 3 is 2.10 bits per heavy atom. The van der Waals surface area contributed by atoms with E-state index in [1.807, 2.05) is 10.6 Å². The second-order valence-corrected chi connectivity index (χ2v) is 10.4. The van der Waals surface area contributed by atoms with Gasteiger partial charge in [0.15, 0.2) is 5.82 Å². The number of rotatable bonds is 6. The first-order valence-corrected chi connectivity index (χ1v) is 12.2. The van der Waals surface area contributed by atoms with Gasteiger partial charge in [0.1, 0.15) is 27.5 Å². The van der Waals surface area contributed by atoms with Gasteiger partial charge in [-0.15, -0.1) is 23.2 Å². The molecule has 1 fully saturated rings. The third-order valence-corrected chi connectivity index (χ3v) is 7.05. The lowest BCUT2D eigenvalue weighted by atomic mass is 10.0. The van der Waals surface area contributed by atoms with Gasteiger partial charge in [-0.1, -0.05) is 6.07 Å². The number of carbonyl (C=O) groups is 3. The van der Waals surface area contributed by atoms with Crippen LogP contribution in [0.1, 0.15) is 34.3 Å². The lowest BCUT2D eigenvalue weighted by Gasteiger charge is -2.12. The van der Waals surface area contributed by atoms with Crippen molar-refractivity contribution in [3.05, 3.63) is 88.5 Å². The molecule has 1 unspecified atom stereocenters. The number of nitrogens with one attached hydrogen (secondary N) is 3. The molecule has 0 spiro atoms. The van der Waals surface area contributed by atoms with Crippen LogP contribution < -0.4 is 16.0 Å². The van der Waals surface area contributed by atoms with E-state index in [0.717, 1.165) is 43.3 Å². The minimum Gasteiger partial charge on any atom is -0.326 e. The maximum Gasteiger partial charge on any atom is 0.419 e. The summed E-state index contributed by atoms with van der Waals surface area (Å²) in [5.41, 5.74) is -4.00. The quantitative estimate of drug-likeness (QED) is 0.205. The van der Waals surface area contributed by atoms with Crippen molar-refractivity contribution in [2.45, 2.75) is 23.4 Å². The normalized spacial score (nSPS) is 17.5. The van der Waals surface area contributed by atoms with Crippen molar-refractivity contribution in [3.8, 4) is 0 Å². The predicted molar refractivity (Wildman–Crippen MR) is 136 cm³/mol. The highest BCUT2D eigenvalue weighted by molar-refractivity contribution is 6.53. The summed E-state index contributed by atoms with van der Waals surface area (Å²) in [6, 6.07) is 6.40. The number of alkyl halides is 5. The van der Waals surface area contributed by atoms with Gasteiger partial charge in [-0.25, -0.2) is 17.6 Å². The molecule has 4 rings (SSSR count). The van der Waals surface area contributed by atoms with Crippen LogP contribution in [0.15, 0.2) is 48.5 Å². The van der Waals surface area contributed by atoms with Gasteiger partial charge in [-0.3, -0.25) is 14.4 Å². The summed E-state index contributed by atoms with van der Waals surface area (Å²) >= 11 is 12.3. The van der Waals surface area contributed by atoms with Gasteiger partial charge in [0.05, 0.1) is 22.7 Å². The van der Waals surface area contributed by atoms with E-state index < -0.39 is 85.8 Å². The highest BCUT2D eigenvalue weighted by Crippen LogP contribution is 2.65. The summed E-state index contributed by atoms with van der Waals surface area (Å²) in [6.07, 6.45) is -5.01. The summed E-state index contributed by atoms with van der Waals surface area (Å²) in [6.45, 7) is 1.00. The molecule has 3 N–H and O–H groups in total. The Morgan fingerprint density at radius 2 is 1.46 bits per heavy atom. The smallest absolute Gasteiger partial charge is 0.326 e. The molecule has 0 radical (unpaired) electrons. The topological polar surface area (TPSA) is 87.3 Å². The van der Waals surface area contributed by atoms with Crippen LogP contribution in [0.2, 0.25) is 0 Å². The molecule has 3 aromatic carbocycles. The van der Waals surface area contributed by atoms with E-state index >= 15 is 0 Å². The molecule has 0 aromatic heterocycles. The number of hydrogen-bond acceptors (Lipinski definition) is 3. The standard InChI is InChI=1S/C26H16Cl2F7N3O3/c1-10(39)36-22-17(31)6-7-18(21(22)32)38-23(40)13-9-12(3-5-15(13)29)37-24(41)20-19(25(20,27)28)11-2-4-16(30)14(8-11)26(33,34)35/h2-9,19-20H,1H3,(H,36,39)(H,37,41)(H,38,40)/t19?,20-/m1/s1. The zero-order valence-corrected chi connectivity index (χ0v) is 21.9. The molecule has 0 saturated heterocycles. The Kier molecular flexibility index (Phi) is 7.98. The molecule has 1 saturated carbocycles. The SMILES string of the molecule is CC(=O)Nc1c(F)ccc(NC(=O)c2cc(NC(=O)[C@H]3C(c4ccc(F)c(C(F)(F)F)c4)C3(Cl)Cl)ccc2F)c1F. The van der Waals surface area contributed by atoms with Gasteiger partial charge in [-0.05, 0) is 48.0 Å². The Bertz CT molecular complexity index is 1580. The van der Waals surface area contributed by atoms with Crippen LogP contribution in [-0.2, 0) is 15.8 Å². The first-order chi connectivity index (χ1) is 19.0. The molecule has 15 heteroatoms. The van der Waals surface area contributed by atoms with E-state index in [-0.39, 0.29) is 11.3 Å². The van der Waals surface area contributed by atoms with E-state index in [0.29, 0.717) is 12.1 Å². The van der Waals surface area contributed by atoms with E-state index in [4.69, 9.17) is 23.2 Å². The van der Waals surface area contributed by atoms with Gasteiger partial charge < -0.3 is 16.0 Å². The molecule has 3 amide bonds. The molecule has 0 bridgehead atoms. The Hall–Kier alpha value is -3.84. The molecule has 0 heterocycles. The van der Waals surface area contributed by atoms with Crippen LogP contribution in [0.4, 0.5) is 47.8 Å². The van der Waals surface area contributed by atoms with E-state index in [9.17, 15) is 45.1 Å². The van der Waals surface area contributed by atoms with Crippen LogP contribution in [0.5, 0.6) is 0 Å². The molecular weight excluding hydrogens is 606 g/mol. The number of anilines is 3. The largest absolute Gasteiger partial charge is 0.419 e. The summed E-state index contributed by atoms with van der Waals surface area (Å²) < 4.78 is 94.2. The van der Waals surface area contributed by atoms with Crippen molar-refractivity contribution in [2.75, 3.05) is 16.0 Å². The van der Waals surface area contributed by atoms with Gasteiger partial charge >= 0.3 is 6.18 Å². The van der Waals surface area contributed by atoms with Crippen LogP contribution in [0.25, 0.3) is 0 Å². The second kappa shape index (κ2) is 10.9. The highest BCUT2D eigenvalue weighted by Gasteiger charge is 2.67. The fourth-order valence-electron chi connectivity index (χ4n) is 4.15. The van der Waals surface area contributed by atoms with Crippen molar-refractivity contribution in [2.24, 2.45) is 5.92 Å². The summed E-state index contributed by atoms with van der Waals surface area (Å²) in [7, 11) is 0. The average molecular weight is 622 g/mol. The van der Waals surface area contributed by atoms with Crippen LogP contribution in [0, 0.1) is 29.2 Å². The Morgan fingerprint density at radius 1 is 0.829 bits per heavy atom. The average Bonchev–Trinajstić information content (AvgIpc) is 3.45. The Labute approximate surface area is 236 Å². The fraction of sp³-hybridized carbons (Fsp3) is 0.192. The molecule has 2 atom stereocenters. The van der Waals surface area contributed by atoms with Crippen LogP contribution in [0.3, 0.4) is 0 Å². The maximum atomic E-state index is 14.7. The molecule has 216 valence electrons. The molecule has 41 heavy (non-hydrogen) atoms. The molecular formula is C26H16Cl2F7N3O3. The summed E-state index contributed by atoms with van der Waals surface area (Å²) in [5, 5.41) is 6.30. The van der Waals surface area contributed by atoms with Crippen molar-refractivity contribution in [1.29, 1.82) is 0 Å². The minimum absolute atomic E-state index is 0.150.